The van der Waals surface area contributed by atoms with Gasteiger partial charge in [0.2, 0.25) is 5.89 Å². The summed E-state index contributed by atoms with van der Waals surface area (Å²) in [5, 5.41) is 9.16. The third-order valence-corrected chi connectivity index (χ3v) is 4.98. The maximum absolute atomic E-state index is 6.30. The number of aromatic nitrogens is 2. The van der Waals surface area contributed by atoms with Crippen LogP contribution in [0.25, 0.3) is 11.5 Å². The second-order valence-corrected chi connectivity index (χ2v) is 6.95. The minimum absolute atomic E-state index is 0.518. The van der Waals surface area contributed by atoms with Crippen molar-refractivity contribution in [3.8, 4) is 11.5 Å². The first-order chi connectivity index (χ1) is 12.6. The van der Waals surface area contributed by atoms with Gasteiger partial charge in [-0.15, -0.1) is 10.2 Å². The molecule has 0 amide bonds. The van der Waals surface area contributed by atoms with Crippen molar-refractivity contribution in [3.63, 3.8) is 0 Å². The normalized spacial score (nSPS) is 15.6. The number of aryl methyl sites for hydroxylation is 2. The highest BCUT2D eigenvalue weighted by Crippen LogP contribution is 2.27. The van der Waals surface area contributed by atoms with Crippen molar-refractivity contribution in [1.29, 1.82) is 0 Å². The topological polar surface area (TPSA) is 58.5 Å². The zero-order chi connectivity index (χ0) is 18.1. The molecule has 0 saturated carbocycles. The van der Waals surface area contributed by atoms with E-state index in [0.717, 1.165) is 54.0 Å². The summed E-state index contributed by atoms with van der Waals surface area (Å²) in [6.07, 6.45) is 0. The Hall–Kier alpha value is -2.31. The molecule has 1 aliphatic rings. The fourth-order valence-electron chi connectivity index (χ4n) is 3.32. The number of hydrogen-bond donors (Lipinski definition) is 0. The fraction of sp³-hybridized carbons (Fsp3) is 0.368. The summed E-state index contributed by atoms with van der Waals surface area (Å²) in [4.78, 5) is 4.63. The number of halogens is 1. The average Bonchev–Trinajstić information content (AvgIpc) is 3.22. The van der Waals surface area contributed by atoms with Crippen LogP contribution in [0.2, 0.25) is 5.02 Å². The highest BCUT2D eigenvalue weighted by atomic mass is 35.5. The van der Waals surface area contributed by atoms with Gasteiger partial charge in [-0.25, -0.2) is 0 Å². The number of rotatable bonds is 4. The molecule has 2 aromatic heterocycles. The molecule has 0 radical (unpaired) electrons. The first-order valence-electron chi connectivity index (χ1n) is 8.72. The van der Waals surface area contributed by atoms with E-state index in [9.17, 15) is 0 Å². The van der Waals surface area contributed by atoms with E-state index in [1.807, 2.05) is 38.1 Å². The molecule has 0 N–H and O–H groups in total. The van der Waals surface area contributed by atoms with E-state index in [1.165, 1.54) is 0 Å². The molecule has 1 aromatic carbocycles. The van der Waals surface area contributed by atoms with Crippen molar-refractivity contribution in [1.82, 2.24) is 15.1 Å². The van der Waals surface area contributed by atoms with Crippen molar-refractivity contribution in [2.45, 2.75) is 20.4 Å². The lowest BCUT2D eigenvalue weighted by Crippen LogP contribution is -2.46. The zero-order valence-corrected chi connectivity index (χ0v) is 15.7. The van der Waals surface area contributed by atoms with Gasteiger partial charge >= 0.3 is 0 Å². The van der Waals surface area contributed by atoms with Crippen LogP contribution in [0.5, 0.6) is 0 Å². The second kappa shape index (κ2) is 7.13. The van der Waals surface area contributed by atoms with Crippen LogP contribution in [-0.4, -0.2) is 41.3 Å². The Kier molecular flexibility index (Phi) is 4.70. The number of piperazine rings is 1. The first kappa shape index (κ1) is 17.1. The summed E-state index contributed by atoms with van der Waals surface area (Å²) < 4.78 is 11.4. The van der Waals surface area contributed by atoms with Crippen LogP contribution in [0.15, 0.2) is 39.2 Å². The Balaban J connectivity index is 1.38. The SMILES string of the molecule is Cc1cc(-c2nnc(CN3CCN(c4ccccc4Cl)CC3)o2)c(C)o1. The second-order valence-electron chi connectivity index (χ2n) is 6.54. The minimum atomic E-state index is 0.518. The van der Waals surface area contributed by atoms with Crippen LogP contribution < -0.4 is 4.90 Å². The van der Waals surface area contributed by atoms with Crippen molar-refractivity contribution < 1.29 is 8.83 Å². The molecule has 1 fully saturated rings. The van der Waals surface area contributed by atoms with Crippen LogP contribution in [0.4, 0.5) is 5.69 Å². The lowest BCUT2D eigenvalue weighted by atomic mass is 10.2. The van der Waals surface area contributed by atoms with Gasteiger partial charge < -0.3 is 13.7 Å². The number of furan rings is 1. The van der Waals surface area contributed by atoms with Crippen LogP contribution >= 0.6 is 11.6 Å². The molecule has 1 saturated heterocycles. The molecule has 0 aliphatic carbocycles. The Morgan fingerprint density at radius 1 is 1.04 bits per heavy atom. The average molecular weight is 373 g/mol. The summed E-state index contributed by atoms with van der Waals surface area (Å²) in [6.45, 7) is 8.15. The first-order valence-corrected chi connectivity index (χ1v) is 9.09. The predicted molar refractivity (Wildman–Crippen MR) is 100 cm³/mol. The van der Waals surface area contributed by atoms with Crippen molar-refractivity contribution in [3.05, 3.63) is 52.8 Å². The Labute approximate surface area is 157 Å². The molecule has 3 heterocycles. The summed E-state index contributed by atoms with van der Waals surface area (Å²) in [7, 11) is 0. The van der Waals surface area contributed by atoms with Gasteiger partial charge in [-0.1, -0.05) is 23.7 Å². The largest absolute Gasteiger partial charge is 0.466 e. The van der Waals surface area contributed by atoms with Gasteiger partial charge in [0, 0.05) is 26.2 Å². The minimum Gasteiger partial charge on any atom is -0.466 e. The monoisotopic (exact) mass is 372 g/mol. The summed E-state index contributed by atoms with van der Waals surface area (Å²) in [6, 6.07) is 9.90. The quantitative estimate of drug-likeness (QED) is 0.691. The number of para-hydroxylation sites is 1. The van der Waals surface area contributed by atoms with Gasteiger partial charge in [0.25, 0.3) is 5.89 Å². The van der Waals surface area contributed by atoms with Crippen LogP contribution in [0, 0.1) is 13.8 Å². The third-order valence-electron chi connectivity index (χ3n) is 4.66. The number of nitrogens with zero attached hydrogens (tertiary/aromatic N) is 4. The van der Waals surface area contributed by atoms with Gasteiger partial charge in [0.15, 0.2) is 0 Å². The van der Waals surface area contributed by atoms with E-state index in [2.05, 4.69) is 26.1 Å². The molecule has 26 heavy (non-hydrogen) atoms. The third kappa shape index (κ3) is 3.48. The fourth-order valence-corrected chi connectivity index (χ4v) is 3.57. The molecular weight excluding hydrogens is 352 g/mol. The molecule has 0 unspecified atom stereocenters. The molecule has 0 spiro atoms. The van der Waals surface area contributed by atoms with E-state index in [1.54, 1.807) is 0 Å². The lowest BCUT2D eigenvalue weighted by Gasteiger charge is -2.35. The van der Waals surface area contributed by atoms with Gasteiger partial charge in [0.05, 0.1) is 22.8 Å². The van der Waals surface area contributed by atoms with Crippen molar-refractivity contribution >= 4 is 17.3 Å². The molecule has 3 aromatic rings. The van der Waals surface area contributed by atoms with Gasteiger partial charge in [-0.3, -0.25) is 4.90 Å². The molecule has 0 atom stereocenters. The predicted octanol–water partition coefficient (Wildman–Crippen LogP) is 3.92. The lowest BCUT2D eigenvalue weighted by molar-refractivity contribution is 0.227. The number of hydrogen-bond acceptors (Lipinski definition) is 6. The van der Waals surface area contributed by atoms with Crippen LogP contribution in [0.3, 0.4) is 0 Å². The molecular formula is C19H21ClN4O2. The Bertz CT molecular complexity index is 897. The highest BCUT2D eigenvalue weighted by molar-refractivity contribution is 6.33. The smallest absolute Gasteiger partial charge is 0.251 e. The van der Waals surface area contributed by atoms with E-state index in [-0.39, 0.29) is 0 Å². The number of benzene rings is 1. The standard InChI is InChI=1S/C19H21ClN4O2/c1-13-11-15(14(2)25-13)19-22-21-18(26-19)12-23-7-9-24(10-8-23)17-6-4-3-5-16(17)20/h3-6,11H,7-10,12H2,1-2H3. The number of anilines is 1. The van der Waals surface area contributed by atoms with Crippen molar-refractivity contribution in [2.24, 2.45) is 0 Å². The van der Waals surface area contributed by atoms with Gasteiger partial charge in [-0.05, 0) is 32.0 Å². The summed E-state index contributed by atoms with van der Waals surface area (Å²) in [5.41, 5.74) is 1.96. The van der Waals surface area contributed by atoms with Gasteiger partial charge in [0.1, 0.15) is 11.5 Å². The van der Waals surface area contributed by atoms with E-state index >= 15 is 0 Å². The van der Waals surface area contributed by atoms with Crippen LogP contribution in [0.1, 0.15) is 17.4 Å². The van der Waals surface area contributed by atoms with E-state index in [0.29, 0.717) is 18.3 Å². The molecule has 136 valence electrons. The van der Waals surface area contributed by atoms with Gasteiger partial charge in [-0.2, -0.15) is 0 Å². The maximum atomic E-state index is 6.30. The highest BCUT2D eigenvalue weighted by Gasteiger charge is 2.21. The Morgan fingerprint density at radius 3 is 2.50 bits per heavy atom. The summed E-state index contributed by atoms with van der Waals surface area (Å²) >= 11 is 6.30. The van der Waals surface area contributed by atoms with Crippen LogP contribution in [-0.2, 0) is 6.54 Å². The van der Waals surface area contributed by atoms with E-state index in [4.69, 9.17) is 20.4 Å². The molecule has 1 aliphatic heterocycles. The zero-order valence-electron chi connectivity index (χ0n) is 14.9. The van der Waals surface area contributed by atoms with Crippen molar-refractivity contribution in [2.75, 3.05) is 31.1 Å². The molecule has 0 bridgehead atoms. The summed E-state index contributed by atoms with van der Waals surface area (Å²) in [5.74, 6) is 2.78. The molecule has 7 heteroatoms. The molecule has 4 rings (SSSR count). The Morgan fingerprint density at radius 2 is 1.81 bits per heavy atom. The van der Waals surface area contributed by atoms with E-state index < -0.39 is 0 Å². The maximum Gasteiger partial charge on any atom is 0.251 e. The molecule has 6 nitrogen and oxygen atoms in total.